The molecule has 0 saturated heterocycles. The molecule has 0 amide bonds. The summed E-state index contributed by atoms with van der Waals surface area (Å²) in [4.78, 5) is 4.24. The molecule has 5 nitrogen and oxygen atoms in total. The van der Waals surface area contributed by atoms with Crippen molar-refractivity contribution in [2.24, 2.45) is 5.73 Å². The summed E-state index contributed by atoms with van der Waals surface area (Å²) in [5, 5.41) is 3.88. The van der Waals surface area contributed by atoms with Gasteiger partial charge in [-0.15, -0.1) is 0 Å². The van der Waals surface area contributed by atoms with Crippen LogP contribution in [0.15, 0.2) is 4.52 Å². The summed E-state index contributed by atoms with van der Waals surface area (Å²) in [7, 11) is 0. The molecule has 0 radical (unpaired) electrons. The van der Waals surface area contributed by atoms with Gasteiger partial charge in [0.05, 0.1) is 5.54 Å². The van der Waals surface area contributed by atoms with E-state index in [1.54, 1.807) is 0 Å². The number of aromatic nitrogens is 2. The maximum Gasteiger partial charge on any atom is 0.246 e. The monoisotopic (exact) mass is 213 g/mol. The first-order valence-corrected chi connectivity index (χ1v) is 5.23. The molecule has 0 spiro atoms. The van der Waals surface area contributed by atoms with Gasteiger partial charge >= 0.3 is 0 Å². The van der Waals surface area contributed by atoms with Gasteiger partial charge in [0.15, 0.2) is 0 Å². The fourth-order valence-corrected chi connectivity index (χ4v) is 1.20. The number of nitrogens with two attached hydrogens (primary N) is 1. The summed E-state index contributed by atoms with van der Waals surface area (Å²) < 4.78 is 10.6. The van der Waals surface area contributed by atoms with Crippen LogP contribution in [-0.4, -0.2) is 16.7 Å². The quantitative estimate of drug-likeness (QED) is 0.806. The minimum Gasteiger partial charge on any atom is -0.370 e. The van der Waals surface area contributed by atoms with Gasteiger partial charge in [-0.3, -0.25) is 0 Å². The van der Waals surface area contributed by atoms with Gasteiger partial charge in [-0.2, -0.15) is 4.98 Å². The molecule has 0 fully saturated rings. The molecule has 2 N–H and O–H groups in total. The SMILES string of the molecule is CCOC(CC)c1noc(C(C)(C)N)n1. The lowest BCUT2D eigenvalue weighted by molar-refractivity contribution is 0.0518. The standard InChI is InChI=1S/C10H19N3O2/c1-5-7(14-6-2)8-12-9(15-13-8)10(3,4)11/h7H,5-6,11H2,1-4H3. The first-order chi connectivity index (χ1) is 6.99. The molecule has 5 heteroatoms. The molecule has 0 aliphatic carbocycles. The van der Waals surface area contributed by atoms with Crippen molar-refractivity contribution in [3.05, 3.63) is 11.7 Å². The molecule has 1 aromatic rings. The van der Waals surface area contributed by atoms with Crippen LogP contribution < -0.4 is 5.73 Å². The number of rotatable bonds is 5. The molecule has 1 aromatic heterocycles. The third kappa shape index (κ3) is 3.00. The highest BCUT2D eigenvalue weighted by Crippen LogP contribution is 2.21. The molecule has 1 unspecified atom stereocenters. The summed E-state index contributed by atoms with van der Waals surface area (Å²) in [6, 6.07) is 0. The van der Waals surface area contributed by atoms with Gasteiger partial charge in [-0.05, 0) is 27.2 Å². The molecule has 15 heavy (non-hydrogen) atoms. The average molecular weight is 213 g/mol. The zero-order chi connectivity index (χ0) is 11.5. The molecule has 0 bridgehead atoms. The second kappa shape index (κ2) is 4.72. The van der Waals surface area contributed by atoms with E-state index in [4.69, 9.17) is 15.0 Å². The van der Waals surface area contributed by atoms with Crippen LogP contribution in [0.1, 0.15) is 51.9 Å². The second-order valence-corrected chi connectivity index (χ2v) is 4.03. The molecular formula is C10H19N3O2. The second-order valence-electron chi connectivity index (χ2n) is 4.03. The summed E-state index contributed by atoms with van der Waals surface area (Å²) in [6.45, 7) is 8.24. The van der Waals surface area contributed by atoms with E-state index < -0.39 is 5.54 Å². The van der Waals surface area contributed by atoms with Gasteiger partial charge in [-0.25, -0.2) is 0 Å². The number of nitrogens with zero attached hydrogens (tertiary/aromatic N) is 2. The Morgan fingerprint density at radius 1 is 1.47 bits per heavy atom. The van der Waals surface area contributed by atoms with E-state index in [-0.39, 0.29) is 6.10 Å². The zero-order valence-corrected chi connectivity index (χ0v) is 9.78. The predicted molar refractivity (Wildman–Crippen MR) is 56.2 cm³/mol. The van der Waals surface area contributed by atoms with Crippen LogP contribution >= 0.6 is 0 Å². The van der Waals surface area contributed by atoms with Crippen molar-refractivity contribution >= 4 is 0 Å². The Balaban J connectivity index is 2.82. The fraction of sp³-hybridized carbons (Fsp3) is 0.800. The Labute approximate surface area is 90.0 Å². The zero-order valence-electron chi connectivity index (χ0n) is 9.78. The van der Waals surface area contributed by atoms with Gasteiger partial charge < -0.3 is 15.0 Å². The minimum absolute atomic E-state index is 0.102. The Kier molecular flexibility index (Phi) is 3.82. The summed E-state index contributed by atoms with van der Waals surface area (Å²) >= 11 is 0. The van der Waals surface area contributed by atoms with Crippen molar-refractivity contribution in [2.75, 3.05) is 6.61 Å². The van der Waals surface area contributed by atoms with Crippen LogP contribution in [0.3, 0.4) is 0 Å². The predicted octanol–water partition coefficient (Wildman–Crippen LogP) is 1.75. The summed E-state index contributed by atoms with van der Waals surface area (Å²) in [6.07, 6.45) is 0.715. The lowest BCUT2D eigenvalue weighted by Gasteiger charge is -2.12. The molecule has 1 heterocycles. The van der Waals surface area contributed by atoms with Crippen LogP contribution in [0, 0.1) is 0 Å². The van der Waals surface area contributed by atoms with Gasteiger partial charge in [0, 0.05) is 6.61 Å². The first-order valence-electron chi connectivity index (χ1n) is 5.23. The van der Waals surface area contributed by atoms with E-state index in [0.717, 1.165) is 6.42 Å². The van der Waals surface area contributed by atoms with Crippen molar-refractivity contribution in [3.8, 4) is 0 Å². The Morgan fingerprint density at radius 3 is 2.53 bits per heavy atom. The van der Waals surface area contributed by atoms with Crippen LogP contribution in [0.2, 0.25) is 0 Å². The van der Waals surface area contributed by atoms with Gasteiger partial charge in [0.1, 0.15) is 6.10 Å². The Bertz CT molecular complexity index is 304. The van der Waals surface area contributed by atoms with Crippen molar-refractivity contribution < 1.29 is 9.26 Å². The molecule has 86 valence electrons. The molecule has 0 aliphatic heterocycles. The first kappa shape index (κ1) is 12.1. The smallest absolute Gasteiger partial charge is 0.246 e. The lowest BCUT2D eigenvalue weighted by Crippen LogP contribution is -2.29. The maximum absolute atomic E-state index is 5.85. The largest absolute Gasteiger partial charge is 0.370 e. The highest BCUT2D eigenvalue weighted by molar-refractivity contribution is 4.99. The van der Waals surface area contributed by atoms with Crippen LogP contribution in [0.4, 0.5) is 0 Å². The van der Waals surface area contributed by atoms with Crippen molar-refractivity contribution in [1.29, 1.82) is 0 Å². The number of hydrogen-bond acceptors (Lipinski definition) is 5. The fourth-order valence-electron chi connectivity index (χ4n) is 1.20. The van der Waals surface area contributed by atoms with Gasteiger partial charge in [0.2, 0.25) is 11.7 Å². The van der Waals surface area contributed by atoms with Gasteiger partial charge in [0.25, 0.3) is 0 Å². The molecule has 0 aliphatic rings. The van der Waals surface area contributed by atoms with E-state index in [9.17, 15) is 0 Å². The van der Waals surface area contributed by atoms with Gasteiger partial charge in [-0.1, -0.05) is 12.1 Å². The normalized spacial score (nSPS) is 14.2. The Morgan fingerprint density at radius 2 is 2.13 bits per heavy atom. The molecule has 1 rings (SSSR count). The molecule has 0 saturated carbocycles. The van der Waals surface area contributed by atoms with E-state index >= 15 is 0 Å². The molecule has 1 atom stereocenters. The van der Waals surface area contributed by atoms with Crippen LogP contribution in [-0.2, 0) is 10.3 Å². The lowest BCUT2D eigenvalue weighted by atomic mass is 10.1. The number of hydrogen-bond donors (Lipinski definition) is 1. The average Bonchev–Trinajstić information content (AvgIpc) is 2.62. The third-order valence-electron chi connectivity index (χ3n) is 2.02. The maximum atomic E-state index is 5.85. The highest BCUT2D eigenvalue weighted by Gasteiger charge is 2.24. The summed E-state index contributed by atoms with van der Waals surface area (Å²) in [5.74, 6) is 1.02. The van der Waals surface area contributed by atoms with E-state index in [2.05, 4.69) is 10.1 Å². The van der Waals surface area contributed by atoms with Crippen LogP contribution in [0.5, 0.6) is 0 Å². The molecule has 0 aromatic carbocycles. The number of ether oxygens (including phenoxy) is 1. The third-order valence-corrected chi connectivity index (χ3v) is 2.02. The highest BCUT2D eigenvalue weighted by atomic mass is 16.5. The Hall–Kier alpha value is -0.940. The van der Waals surface area contributed by atoms with E-state index in [1.807, 2.05) is 27.7 Å². The van der Waals surface area contributed by atoms with E-state index in [0.29, 0.717) is 18.3 Å². The summed E-state index contributed by atoms with van der Waals surface area (Å²) in [5.41, 5.74) is 5.25. The topological polar surface area (TPSA) is 74.2 Å². The van der Waals surface area contributed by atoms with E-state index in [1.165, 1.54) is 0 Å². The van der Waals surface area contributed by atoms with Crippen molar-refractivity contribution in [1.82, 2.24) is 10.1 Å². The molecular weight excluding hydrogens is 194 g/mol. The van der Waals surface area contributed by atoms with Crippen LogP contribution in [0.25, 0.3) is 0 Å². The van der Waals surface area contributed by atoms with Crippen molar-refractivity contribution in [2.45, 2.75) is 45.8 Å². The minimum atomic E-state index is -0.601. The van der Waals surface area contributed by atoms with Crippen molar-refractivity contribution in [3.63, 3.8) is 0 Å².